The lowest BCUT2D eigenvalue weighted by atomic mass is 9.63. The minimum Gasteiger partial charge on any atom is -0.481 e. The number of carbonyl (C=O) groups is 2. The van der Waals surface area contributed by atoms with Crippen LogP contribution >= 0.6 is 0 Å². The van der Waals surface area contributed by atoms with E-state index in [1.54, 1.807) is 6.92 Å². The average Bonchev–Trinajstić information content (AvgIpc) is 3.59. The van der Waals surface area contributed by atoms with Crippen molar-refractivity contribution >= 4 is 17.7 Å². The summed E-state index contributed by atoms with van der Waals surface area (Å²) in [6.45, 7) is 4.18. The molecule has 0 spiro atoms. The Morgan fingerprint density at radius 1 is 1.21 bits per heavy atom. The van der Waals surface area contributed by atoms with Crippen LogP contribution in [0.15, 0.2) is 28.8 Å². The fourth-order valence-electron chi connectivity index (χ4n) is 5.29. The second-order valence-corrected chi connectivity index (χ2v) is 9.98. The highest BCUT2D eigenvalue weighted by Crippen LogP contribution is 2.55. The number of fused-ring (bicyclic) bond motifs is 3. The summed E-state index contributed by atoms with van der Waals surface area (Å²) in [4.78, 5) is 23.6. The van der Waals surface area contributed by atoms with Crippen LogP contribution < -0.4 is 5.32 Å². The Balaban J connectivity index is 1.30. The molecule has 4 fully saturated rings. The van der Waals surface area contributed by atoms with Gasteiger partial charge in [0.1, 0.15) is 17.5 Å². The quantitative estimate of drug-likeness (QED) is 0.587. The van der Waals surface area contributed by atoms with Crippen molar-refractivity contribution in [2.75, 3.05) is 11.9 Å². The molecule has 4 aliphatic rings. The molecular weight excluding hydrogens is 424 g/mol. The maximum atomic E-state index is 12.4. The zero-order chi connectivity index (χ0) is 23.2. The largest absolute Gasteiger partial charge is 0.481 e. The fraction of sp³-hybridized carbons (Fsp3) is 0.560. The average molecular weight is 455 g/mol. The maximum absolute atomic E-state index is 12.4. The number of rotatable bonds is 7. The van der Waals surface area contributed by atoms with Crippen LogP contribution in [0.2, 0.25) is 0 Å². The number of carbonyl (C=O) groups excluding carboxylic acids is 1. The first-order valence-electron chi connectivity index (χ1n) is 11.7. The lowest BCUT2D eigenvalue weighted by molar-refractivity contribution is -0.195. The summed E-state index contributed by atoms with van der Waals surface area (Å²) in [7, 11) is 0. The van der Waals surface area contributed by atoms with Gasteiger partial charge in [-0.05, 0) is 63.9 Å². The normalized spacial score (nSPS) is 27.2. The Morgan fingerprint density at radius 2 is 1.91 bits per heavy atom. The topological polar surface area (TPSA) is 111 Å². The molecule has 33 heavy (non-hydrogen) atoms. The summed E-state index contributed by atoms with van der Waals surface area (Å²) >= 11 is 0. The highest BCUT2D eigenvalue weighted by atomic mass is 16.6. The van der Waals surface area contributed by atoms with Gasteiger partial charge in [-0.3, -0.25) is 10.1 Å². The van der Waals surface area contributed by atoms with Gasteiger partial charge in [0.15, 0.2) is 5.76 Å². The van der Waals surface area contributed by atoms with Gasteiger partial charge in [-0.2, -0.15) is 0 Å². The number of nitrogens with one attached hydrogen (secondary N) is 1. The number of aryl methyl sites for hydroxylation is 1. The molecule has 0 radical (unpaired) electrons. The number of carboxylic acid groups (broad SMARTS) is 1. The molecule has 0 unspecified atom stereocenters. The zero-order valence-corrected chi connectivity index (χ0v) is 19.1. The van der Waals surface area contributed by atoms with Crippen molar-refractivity contribution < 1.29 is 28.7 Å². The molecule has 2 N–H and O–H groups in total. The van der Waals surface area contributed by atoms with Crippen LogP contribution in [0.25, 0.3) is 11.3 Å². The molecule has 1 amide bonds. The number of aliphatic carboxylic acids is 1. The first-order chi connectivity index (χ1) is 15.8. The SMILES string of the molecule is Cc1noc(-c2ccc(C34CCC(CC(=O)O)(CC3)CO4)cc2)c1NC(=O)O[C@H](C)C1CC1. The van der Waals surface area contributed by atoms with Crippen molar-refractivity contribution in [1.29, 1.82) is 0 Å². The molecule has 3 heterocycles. The highest BCUT2D eigenvalue weighted by Gasteiger charge is 2.51. The number of hydrogen-bond donors (Lipinski definition) is 2. The second-order valence-electron chi connectivity index (χ2n) is 9.98. The van der Waals surface area contributed by atoms with Gasteiger partial charge in [0.2, 0.25) is 0 Å². The molecule has 1 aromatic carbocycles. The number of anilines is 1. The number of ether oxygens (including phenoxy) is 2. The summed E-state index contributed by atoms with van der Waals surface area (Å²) in [6.07, 6.45) is 5.12. The van der Waals surface area contributed by atoms with Crippen LogP contribution in [0.1, 0.15) is 63.1 Å². The number of aromatic nitrogens is 1. The van der Waals surface area contributed by atoms with Crippen LogP contribution in [0.4, 0.5) is 10.5 Å². The lowest BCUT2D eigenvalue weighted by Gasteiger charge is -2.53. The van der Waals surface area contributed by atoms with E-state index in [1.807, 2.05) is 31.2 Å². The van der Waals surface area contributed by atoms with Crippen molar-refractivity contribution in [3.05, 3.63) is 35.5 Å². The van der Waals surface area contributed by atoms with Crippen molar-refractivity contribution in [3.8, 4) is 11.3 Å². The van der Waals surface area contributed by atoms with Crippen molar-refractivity contribution in [2.24, 2.45) is 11.3 Å². The second kappa shape index (κ2) is 8.17. The van der Waals surface area contributed by atoms with Gasteiger partial charge >= 0.3 is 12.1 Å². The van der Waals surface area contributed by atoms with Crippen LogP contribution in [0.5, 0.6) is 0 Å². The molecular formula is C25H30N2O6. The summed E-state index contributed by atoms with van der Waals surface area (Å²) in [5.41, 5.74) is 2.39. The Kier molecular flexibility index (Phi) is 5.43. The number of benzene rings is 1. The summed E-state index contributed by atoms with van der Waals surface area (Å²) in [5.74, 6) is 0.193. The third kappa shape index (κ3) is 4.24. The van der Waals surface area contributed by atoms with Gasteiger partial charge in [0.05, 0.1) is 18.6 Å². The molecule has 1 aromatic heterocycles. The molecule has 8 nitrogen and oxygen atoms in total. The molecule has 2 saturated carbocycles. The van der Waals surface area contributed by atoms with E-state index in [0.717, 1.165) is 49.7 Å². The molecule has 2 aromatic rings. The van der Waals surface area contributed by atoms with E-state index in [0.29, 0.717) is 29.7 Å². The highest BCUT2D eigenvalue weighted by molar-refractivity contribution is 5.90. The Morgan fingerprint density at radius 3 is 2.48 bits per heavy atom. The van der Waals surface area contributed by atoms with Gasteiger partial charge in [-0.15, -0.1) is 0 Å². The number of hydrogen-bond acceptors (Lipinski definition) is 6. The van der Waals surface area contributed by atoms with E-state index >= 15 is 0 Å². The van der Waals surface area contributed by atoms with Gasteiger partial charge in [-0.1, -0.05) is 29.4 Å². The Labute approximate surface area is 192 Å². The van der Waals surface area contributed by atoms with Crippen LogP contribution in [0.3, 0.4) is 0 Å². The van der Waals surface area contributed by atoms with Gasteiger partial charge in [0.25, 0.3) is 0 Å². The number of nitrogens with zero attached hydrogens (tertiary/aromatic N) is 1. The number of carboxylic acids is 1. The summed E-state index contributed by atoms with van der Waals surface area (Å²) in [5, 5.41) is 16.1. The first-order valence-corrected chi connectivity index (χ1v) is 11.7. The monoisotopic (exact) mass is 454 g/mol. The van der Waals surface area contributed by atoms with Crippen LogP contribution in [-0.2, 0) is 19.9 Å². The molecule has 176 valence electrons. The van der Waals surface area contributed by atoms with E-state index < -0.39 is 12.1 Å². The summed E-state index contributed by atoms with van der Waals surface area (Å²) < 4.78 is 17.3. The van der Waals surface area contributed by atoms with E-state index in [2.05, 4.69) is 10.5 Å². The maximum Gasteiger partial charge on any atom is 0.412 e. The van der Waals surface area contributed by atoms with Crippen molar-refractivity contribution in [3.63, 3.8) is 0 Å². The minimum atomic E-state index is -0.755. The third-order valence-electron chi connectivity index (χ3n) is 7.64. The van der Waals surface area contributed by atoms with E-state index in [1.165, 1.54) is 0 Å². The smallest absolute Gasteiger partial charge is 0.412 e. The molecule has 8 heteroatoms. The molecule has 2 bridgehead atoms. The predicted octanol–water partition coefficient (Wildman–Crippen LogP) is 5.26. The Hall–Kier alpha value is -2.87. The molecule has 2 aliphatic heterocycles. The van der Waals surface area contributed by atoms with E-state index in [-0.39, 0.29) is 23.5 Å². The first kappa shape index (κ1) is 21.9. The lowest BCUT2D eigenvalue weighted by Crippen LogP contribution is -2.50. The molecule has 6 rings (SSSR count). The zero-order valence-electron chi connectivity index (χ0n) is 19.1. The van der Waals surface area contributed by atoms with E-state index in [4.69, 9.17) is 14.0 Å². The van der Waals surface area contributed by atoms with Gasteiger partial charge < -0.3 is 19.1 Å². The molecule has 2 saturated heterocycles. The van der Waals surface area contributed by atoms with Crippen LogP contribution in [-0.4, -0.2) is 35.0 Å². The van der Waals surface area contributed by atoms with Gasteiger partial charge in [-0.25, -0.2) is 4.79 Å². The molecule has 2 aliphatic carbocycles. The standard InChI is InChI=1S/C25H30N2O6/c1-15-21(26-23(30)32-16(2)17-3-4-17)22(33-27-15)18-5-7-19(8-6-18)25-11-9-24(10-12-25,14-31-25)13-20(28)29/h5-8,16-17H,3-4,9-14H2,1-2H3,(H,26,30)(H,28,29)/t16-,24?,25?/m1/s1. The van der Waals surface area contributed by atoms with Crippen LogP contribution in [0, 0.1) is 18.3 Å². The van der Waals surface area contributed by atoms with Crippen molar-refractivity contribution in [1.82, 2.24) is 5.16 Å². The summed E-state index contributed by atoms with van der Waals surface area (Å²) in [6, 6.07) is 7.95. The predicted molar refractivity (Wildman–Crippen MR) is 120 cm³/mol. The Bertz CT molecular complexity index is 1030. The minimum absolute atomic E-state index is 0.104. The third-order valence-corrected chi connectivity index (χ3v) is 7.64. The van der Waals surface area contributed by atoms with Gasteiger partial charge in [0, 0.05) is 11.0 Å². The van der Waals surface area contributed by atoms with E-state index in [9.17, 15) is 14.7 Å². The van der Waals surface area contributed by atoms with Crippen molar-refractivity contribution in [2.45, 2.75) is 70.5 Å². The number of amides is 1. The fourth-order valence-corrected chi connectivity index (χ4v) is 5.29. The molecule has 1 atom stereocenters.